The molecule has 4 nitrogen and oxygen atoms in total. The molecule has 0 aliphatic carbocycles. The molecule has 90 valence electrons. The Kier molecular flexibility index (Phi) is 3.37. The third kappa shape index (κ3) is 2.60. The summed E-state index contributed by atoms with van der Waals surface area (Å²) in [7, 11) is 0. The first-order valence-electron chi connectivity index (χ1n) is 4.51. The molecule has 0 fully saturated rings. The first-order chi connectivity index (χ1) is 7.23. The van der Waals surface area contributed by atoms with Crippen molar-refractivity contribution in [3.05, 3.63) is 27.9 Å². The van der Waals surface area contributed by atoms with Crippen molar-refractivity contribution in [3.63, 3.8) is 0 Å². The van der Waals surface area contributed by atoms with Crippen LogP contribution in [-0.2, 0) is 6.54 Å². The molecule has 0 saturated heterocycles. The van der Waals surface area contributed by atoms with Gasteiger partial charge in [0.2, 0.25) is 0 Å². The minimum Gasteiger partial charge on any atom is -0.382 e. The lowest BCUT2D eigenvalue weighted by molar-refractivity contribution is -0.207. The average molecular weight is 236 g/mol. The van der Waals surface area contributed by atoms with Gasteiger partial charge >= 0.3 is 6.18 Å². The van der Waals surface area contributed by atoms with Crippen LogP contribution in [0, 0.1) is 13.8 Å². The van der Waals surface area contributed by atoms with Crippen LogP contribution in [0.15, 0.2) is 11.1 Å². The number of nitrogens with zero attached hydrogens (tertiary/aromatic N) is 2. The van der Waals surface area contributed by atoms with E-state index in [2.05, 4.69) is 4.98 Å². The molecule has 0 aromatic carbocycles. The molecule has 16 heavy (non-hydrogen) atoms. The van der Waals surface area contributed by atoms with E-state index in [1.807, 2.05) is 0 Å². The van der Waals surface area contributed by atoms with Gasteiger partial charge in [0.25, 0.3) is 5.56 Å². The number of alkyl halides is 3. The van der Waals surface area contributed by atoms with E-state index in [1.165, 1.54) is 6.92 Å². The average Bonchev–Trinajstić information content (AvgIpc) is 2.17. The number of hydrogen-bond donors (Lipinski definition) is 1. The number of aryl methyl sites for hydroxylation is 1. The molecule has 7 heteroatoms. The summed E-state index contributed by atoms with van der Waals surface area (Å²) >= 11 is 0. The fraction of sp³-hybridized carbons (Fsp3) is 0.556. The van der Waals surface area contributed by atoms with Crippen molar-refractivity contribution in [1.29, 1.82) is 0 Å². The topological polar surface area (TPSA) is 55.1 Å². The van der Waals surface area contributed by atoms with Crippen molar-refractivity contribution in [2.24, 2.45) is 0 Å². The Hall–Kier alpha value is -1.37. The van der Waals surface area contributed by atoms with E-state index in [0.29, 0.717) is 5.69 Å². The second kappa shape index (κ2) is 4.25. The molecule has 0 unspecified atom stereocenters. The molecule has 1 N–H and O–H groups in total. The van der Waals surface area contributed by atoms with Gasteiger partial charge in [-0.3, -0.25) is 9.36 Å². The van der Waals surface area contributed by atoms with Crippen LogP contribution < -0.4 is 5.56 Å². The molecule has 0 aliphatic heterocycles. The van der Waals surface area contributed by atoms with Crippen LogP contribution in [0.4, 0.5) is 13.2 Å². The molecule has 0 aliphatic rings. The Balaban J connectivity index is 3.00. The van der Waals surface area contributed by atoms with Gasteiger partial charge in [-0.1, -0.05) is 0 Å². The fourth-order valence-electron chi connectivity index (χ4n) is 1.10. The first kappa shape index (κ1) is 12.7. The minimum atomic E-state index is -4.74. The number of aromatic nitrogens is 2. The van der Waals surface area contributed by atoms with Crippen molar-refractivity contribution in [2.75, 3.05) is 0 Å². The van der Waals surface area contributed by atoms with Gasteiger partial charge in [-0.25, -0.2) is 4.98 Å². The maximum absolute atomic E-state index is 12.1. The first-order valence-corrected chi connectivity index (χ1v) is 4.51. The van der Waals surface area contributed by atoms with E-state index >= 15 is 0 Å². The monoisotopic (exact) mass is 236 g/mol. The Morgan fingerprint density at radius 3 is 2.56 bits per heavy atom. The van der Waals surface area contributed by atoms with Crippen LogP contribution in [0.1, 0.15) is 11.3 Å². The maximum Gasteiger partial charge on any atom is 0.416 e. The Morgan fingerprint density at radius 1 is 1.50 bits per heavy atom. The molecule has 1 aromatic rings. The van der Waals surface area contributed by atoms with Crippen LogP contribution in [-0.4, -0.2) is 26.9 Å². The lowest BCUT2D eigenvalue weighted by Gasteiger charge is -2.15. The summed E-state index contributed by atoms with van der Waals surface area (Å²) in [6, 6.07) is 0. The normalized spacial score (nSPS) is 13.9. The molecule has 0 amide bonds. The molecule has 0 radical (unpaired) electrons. The number of aliphatic hydroxyl groups excluding tert-OH is 1. The van der Waals surface area contributed by atoms with Gasteiger partial charge in [-0.2, -0.15) is 13.2 Å². The van der Waals surface area contributed by atoms with Crippen LogP contribution in [0.2, 0.25) is 0 Å². The summed E-state index contributed by atoms with van der Waals surface area (Å²) in [5, 5.41) is 8.81. The number of hydrogen-bond acceptors (Lipinski definition) is 3. The van der Waals surface area contributed by atoms with E-state index in [-0.39, 0.29) is 5.56 Å². The van der Waals surface area contributed by atoms with E-state index in [0.717, 1.165) is 10.9 Å². The largest absolute Gasteiger partial charge is 0.416 e. The van der Waals surface area contributed by atoms with Crippen molar-refractivity contribution >= 4 is 0 Å². The van der Waals surface area contributed by atoms with Crippen molar-refractivity contribution in [2.45, 2.75) is 32.7 Å². The summed E-state index contributed by atoms with van der Waals surface area (Å²) in [5.41, 5.74) is 0.162. The van der Waals surface area contributed by atoms with Crippen molar-refractivity contribution < 1.29 is 18.3 Å². The zero-order valence-corrected chi connectivity index (χ0v) is 8.75. The van der Waals surface area contributed by atoms with E-state index in [1.54, 1.807) is 6.92 Å². The van der Waals surface area contributed by atoms with E-state index in [4.69, 9.17) is 5.11 Å². The Bertz CT molecular complexity index is 439. The molecular formula is C9H11F3N2O2. The Morgan fingerprint density at radius 2 is 2.06 bits per heavy atom. The fourth-order valence-corrected chi connectivity index (χ4v) is 1.10. The molecule has 1 atom stereocenters. The quantitative estimate of drug-likeness (QED) is 0.825. The van der Waals surface area contributed by atoms with E-state index in [9.17, 15) is 18.0 Å². The molecule has 0 spiro atoms. The van der Waals surface area contributed by atoms with E-state index < -0.39 is 24.4 Å². The van der Waals surface area contributed by atoms with Gasteiger partial charge in [0.05, 0.1) is 12.9 Å². The highest BCUT2D eigenvalue weighted by atomic mass is 19.4. The zero-order chi connectivity index (χ0) is 12.5. The minimum absolute atomic E-state index is 0.275. The third-order valence-corrected chi connectivity index (χ3v) is 2.26. The molecule has 0 saturated carbocycles. The second-order valence-electron chi connectivity index (χ2n) is 3.47. The zero-order valence-electron chi connectivity index (χ0n) is 8.75. The van der Waals surface area contributed by atoms with Crippen LogP contribution >= 0.6 is 0 Å². The summed E-state index contributed by atoms with van der Waals surface area (Å²) in [4.78, 5) is 15.3. The molecule has 1 aromatic heterocycles. The molecule has 0 bridgehead atoms. The lowest BCUT2D eigenvalue weighted by Crippen LogP contribution is -2.37. The van der Waals surface area contributed by atoms with Crippen molar-refractivity contribution in [3.8, 4) is 0 Å². The summed E-state index contributed by atoms with van der Waals surface area (Å²) in [5.74, 6) is 0. The van der Waals surface area contributed by atoms with Gasteiger partial charge in [0.15, 0.2) is 6.10 Å². The smallest absolute Gasteiger partial charge is 0.382 e. The van der Waals surface area contributed by atoms with Gasteiger partial charge in [-0.15, -0.1) is 0 Å². The molecular weight excluding hydrogens is 225 g/mol. The predicted octanol–water partition coefficient (Wildman–Crippen LogP) is 0.783. The van der Waals surface area contributed by atoms with Crippen LogP contribution in [0.25, 0.3) is 0 Å². The van der Waals surface area contributed by atoms with Gasteiger partial charge < -0.3 is 5.11 Å². The van der Waals surface area contributed by atoms with Crippen LogP contribution in [0.3, 0.4) is 0 Å². The summed E-state index contributed by atoms with van der Waals surface area (Å²) in [6.07, 6.45) is -6.30. The highest BCUT2D eigenvalue weighted by Gasteiger charge is 2.38. The summed E-state index contributed by atoms with van der Waals surface area (Å²) in [6.45, 7) is 2.22. The standard InChI is InChI=1S/C9H11F3N2O2/c1-5-6(2)13-4-14(8(5)16)3-7(15)9(10,11)12/h4,7,15H,3H2,1-2H3/t7-/m1/s1. The summed E-state index contributed by atoms with van der Waals surface area (Å²) < 4.78 is 36.9. The van der Waals surface area contributed by atoms with Gasteiger partial charge in [0.1, 0.15) is 0 Å². The Labute approximate surface area is 89.4 Å². The second-order valence-corrected chi connectivity index (χ2v) is 3.47. The molecule has 1 heterocycles. The number of aliphatic hydroxyl groups is 1. The van der Waals surface area contributed by atoms with Gasteiger partial charge in [-0.05, 0) is 13.8 Å². The van der Waals surface area contributed by atoms with Crippen molar-refractivity contribution in [1.82, 2.24) is 9.55 Å². The van der Waals surface area contributed by atoms with Crippen LogP contribution in [0.5, 0.6) is 0 Å². The molecule has 1 rings (SSSR count). The highest BCUT2D eigenvalue weighted by Crippen LogP contribution is 2.20. The lowest BCUT2D eigenvalue weighted by atomic mass is 10.2. The maximum atomic E-state index is 12.1. The van der Waals surface area contributed by atoms with Gasteiger partial charge in [0, 0.05) is 11.3 Å². The number of halogens is 3. The third-order valence-electron chi connectivity index (χ3n) is 2.26. The number of rotatable bonds is 2. The SMILES string of the molecule is Cc1ncn(C[C@@H](O)C(F)(F)F)c(=O)c1C. The highest BCUT2D eigenvalue weighted by molar-refractivity contribution is 5.12. The predicted molar refractivity (Wildman–Crippen MR) is 50.0 cm³/mol.